The summed E-state index contributed by atoms with van der Waals surface area (Å²) in [4.78, 5) is 2.20. The first-order chi connectivity index (χ1) is 7.52. The van der Waals surface area contributed by atoms with E-state index in [1.807, 2.05) is 13.0 Å². The molecule has 0 aliphatic carbocycles. The minimum absolute atomic E-state index is 0.173. The van der Waals surface area contributed by atoms with Crippen LogP contribution in [0.1, 0.15) is 12.5 Å². The highest BCUT2D eigenvalue weighted by Crippen LogP contribution is 2.25. The molecule has 1 aromatic rings. The zero-order chi connectivity index (χ0) is 12.1. The molecule has 0 amide bonds. The Morgan fingerprint density at radius 1 is 1.50 bits per heavy atom. The van der Waals surface area contributed by atoms with Gasteiger partial charge in [-0.2, -0.15) is 0 Å². The number of benzene rings is 1. The molecule has 1 atom stereocenters. The average Bonchev–Trinajstić information content (AvgIpc) is 2.16. The van der Waals surface area contributed by atoms with E-state index in [1.165, 1.54) is 5.56 Å². The molecule has 0 aliphatic heterocycles. The monoisotopic (exact) mass is 305 g/mol. The van der Waals surface area contributed by atoms with Crippen molar-refractivity contribution in [2.24, 2.45) is 0 Å². The molecule has 4 heteroatoms. The zero-order valence-electron chi connectivity index (χ0n) is 9.84. The molecule has 0 saturated carbocycles. The number of hydrogen-bond donors (Lipinski definition) is 0. The molecule has 0 bridgehead atoms. The van der Waals surface area contributed by atoms with Gasteiger partial charge in [0.05, 0.1) is 11.6 Å². The second kappa shape index (κ2) is 6.48. The number of ether oxygens (including phenoxy) is 1. The molecule has 2 nitrogen and oxygen atoms in total. The molecule has 16 heavy (non-hydrogen) atoms. The van der Waals surface area contributed by atoms with Gasteiger partial charge in [-0.3, -0.25) is 0 Å². The molecular weight excluding hydrogens is 289 g/mol. The van der Waals surface area contributed by atoms with Crippen LogP contribution in [0.2, 0.25) is 0 Å². The molecule has 0 aliphatic rings. The molecular formula is C12H17BrClNO. The summed E-state index contributed by atoms with van der Waals surface area (Å²) in [5.41, 5.74) is 1.24. The van der Waals surface area contributed by atoms with Crippen molar-refractivity contribution < 1.29 is 4.74 Å². The fourth-order valence-corrected chi connectivity index (χ4v) is 2.44. The Morgan fingerprint density at radius 3 is 2.69 bits per heavy atom. The lowest BCUT2D eigenvalue weighted by Gasteiger charge is -2.18. The quantitative estimate of drug-likeness (QED) is 0.772. The van der Waals surface area contributed by atoms with Gasteiger partial charge in [-0.1, -0.05) is 6.07 Å². The van der Waals surface area contributed by atoms with Crippen molar-refractivity contribution in [3.8, 4) is 5.75 Å². The van der Waals surface area contributed by atoms with Crippen molar-refractivity contribution >= 4 is 27.5 Å². The van der Waals surface area contributed by atoms with Gasteiger partial charge in [0, 0.05) is 18.5 Å². The van der Waals surface area contributed by atoms with Crippen LogP contribution in [0.5, 0.6) is 5.75 Å². The van der Waals surface area contributed by atoms with Crippen LogP contribution in [-0.4, -0.2) is 31.0 Å². The molecule has 0 radical (unpaired) electrons. The van der Waals surface area contributed by atoms with Gasteiger partial charge in [-0.15, -0.1) is 11.6 Å². The maximum absolute atomic E-state index is 5.95. The first-order valence-electron chi connectivity index (χ1n) is 5.18. The number of alkyl halides is 1. The van der Waals surface area contributed by atoms with Crippen molar-refractivity contribution in [2.75, 3.05) is 20.7 Å². The minimum atomic E-state index is 0.173. The first kappa shape index (κ1) is 13.8. The summed E-state index contributed by atoms with van der Waals surface area (Å²) in [6.45, 7) is 3.77. The number of methoxy groups -OCH3 is 1. The van der Waals surface area contributed by atoms with E-state index < -0.39 is 0 Å². The van der Waals surface area contributed by atoms with Gasteiger partial charge >= 0.3 is 0 Å². The van der Waals surface area contributed by atoms with Crippen molar-refractivity contribution in [2.45, 2.75) is 18.8 Å². The van der Waals surface area contributed by atoms with E-state index in [2.05, 4.69) is 40.0 Å². The van der Waals surface area contributed by atoms with Crippen molar-refractivity contribution in [3.05, 3.63) is 28.2 Å². The second-order valence-electron chi connectivity index (χ2n) is 3.95. The van der Waals surface area contributed by atoms with Gasteiger partial charge in [-0.25, -0.2) is 0 Å². The molecule has 0 fully saturated rings. The second-order valence-corrected chi connectivity index (χ2v) is 5.55. The normalized spacial score (nSPS) is 12.9. The van der Waals surface area contributed by atoms with E-state index in [4.69, 9.17) is 16.3 Å². The standard InChI is InChI=1S/C12H17BrClNO/c1-9(14)7-15(2)8-10-4-5-12(16-3)11(13)6-10/h4-6,9H,7-8H2,1-3H3. The lowest BCUT2D eigenvalue weighted by molar-refractivity contribution is 0.329. The zero-order valence-corrected chi connectivity index (χ0v) is 12.2. The molecule has 0 aromatic heterocycles. The highest BCUT2D eigenvalue weighted by molar-refractivity contribution is 9.10. The van der Waals surface area contributed by atoms with Crippen molar-refractivity contribution in [1.29, 1.82) is 0 Å². The molecule has 0 N–H and O–H groups in total. The largest absolute Gasteiger partial charge is 0.496 e. The van der Waals surface area contributed by atoms with Crippen LogP contribution >= 0.6 is 27.5 Å². The first-order valence-corrected chi connectivity index (χ1v) is 6.41. The van der Waals surface area contributed by atoms with Crippen LogP contribution < -0.4 is 4.74 Å². The molecule has 90 valence electrons. The van der Waals surface area contributed by atoms with Gasteiger partial charge < -0.3 is 9.64 Å². The molecule has 0 heterocycles. The van der Waals surface area contributed by atoms with Crippen molar-refractivity contribution in [1.82, 2.24) is 4.90 Å². The summed E-state index contributed by atoms with van der Waals surface area (Å²) in [6, 6.07) is 6.12. The molecule has 1 unspecified atom stereocenters. The van der Waals surface area contributed by atoms with Crippen LogP contribution in [0.4, 0.5) is 0 Å². The smallest absolute Gasteiger partial charge is 0.133 e. The van der Waals surface area contributed by atoms with Crippen LogP contribution in [0.3, 0.4) is 0 Å². The Hall–Kier alpha value is -0.250. The third-order valence-corrected chi connectivity index (χ3v) is 2.99. The molecule has 1 aromatic carbocycles. The van der Waals surface area contributed by atoms with E-state index in [-0.39, 0.29) is 5.38 Å². The summed E-state index contributed by atoms with van der Waals surface area (Å²) in [7, 11) is 3.73. The average molecular weight is 307 g/mol. The fraction of sp³-hybridized carbons (Fsp3) is 0.500. The lowest BCUT2D eigenvalue weighted by Crippen LogP contribution is -2.24. The third-order valence-electron chi connectivity index (χ3n) is 2.23. The van der Waals surface area contributed by atoms with E-state index in [0.717, 1.165) is 23.3 Å². The number of hydrogen-bond acceptors (Lipinski definition) is 2. The highest BCUT2D eigenvalue weighted by Gasteiger charge is 2.06. The summed E-state index contributed by atoms with van der Waals surface area (Å²) in [5, 5.41) is 0.173. The maximum Gasteiger partial charge on any atom is 0.133 e. The topological polar surface area (TPSA) is 12.5 Å². The predicted octanol–water partition coefficient (Wildman–Crippen LogP) is 3.52. The predicted molar refractivity (Wildman–Crippen MR) is 72.3 cm³/mol. The van der Waals surface area contributed by atoms with E-state index in [9.17, 15) is 0 Å². The summed E-state index contributed by atoms with van der Waals surface area (Å²) in [6.07, 6.45) is 0. The van der Waals surface area contributed by atoms with Gasteiger partial charge in [-0.05, 0) is 47.6 Å². The Bertz CT molecular complexity index is 344. The highest BCUT2D eigenvalue weighted by atomic mass is 79.9. The Kier molecular flexibility index (Phi) is 5.59. The summed E-state index contributed by atoms with van der Waals surface area (Å²) >= 11 is 9.43. The maximum atomic E-state index is 5.95. The Labute approximate surface area is 111 Å². The Morgan fingerprint density at radius 2 is 2.19 bits per heavy atom. The third kappa shape index (κ3) is 4.32. The SMILES string of the molecule is COc1ccc(CN(C)CC(C)Cl)cc1Br. The number of rotatable bonds is 5. The molecule has 0 spiro atoms. The molecule has 0 saturated heterocycles. The summed E-state index contributed by atoms with van der Waals surface area (Å²) in [5.74, 6) is 0.858. The number of halogens is 2. The van der Waals surface area contributed by atoms with Crippen LogP contribution in [-0.2, 0) is 6.54 Å². The van der Waals surface area contributed by atoms with Gasteiger partial charge in [0.2, 0.25) is 0 Å². The lowest BCUT2D eigenvalue weighted by atomic mass is 10.2. The summed E-state index contributed by atoms with van der Waals surface area (Å²) < 4.78 is 6.17. The van der Waals surface area contributed by atoms with Gasteiger partial charge in [0.1, 0.15) is 5.75 Å². The van der Waals surface area contributed by atoms with Crippen LogP contribution in [0, 0.1) is 0 Å². The van der Waals surface area contributed by atoms with Gasteiger partial charge in [0.25, 0.3) is 0 Å². The van der Waals surface area contributed by atoms with Crippen LogP contribution in [0.15, 0.2) is 22.7 Å². The van der Waals surface area contributed by atoms with Gasteiger partial charge in [0.15, 0.2) is 0 Å². The van der Waals surface area contributed by atoms with E-state index >= 15 is 0 Å². The van der Waals surface area contributed by atoms with E-state index in [0.29, 0.717) is 0 Å². The van der Waals surface area contributed by atoms with Crippen molar-refractivity contribution in [3.63, 3.8) is 0 Å². The van der Waals surface area contributed by atoms with E-state index in [1.54, 1.807) is 7.11 Å². The van der Waals surface area contributed by atoms with Crippen LogP contribution in [0.25, 0.3) is 0 Å². The number of nitrogens with zero attached hydrogens (tertiary/aromatic N) is 1. The Balaban J connectivity index is 2.64. The fourth-order valence-electron chi connectivity index (χ4n) is 1.61. The minimum Gasteiger partial charge on any atom is -0.496 e. The molecule has 1 rings (SSSR count).